The lowest BCUT2D eigenvalue weighted by atomic mass is 9.99. The van der Waals surface area contributed by atoms with Gasteiger partial charge in [-0.1, -0.05) is 37.3 Å². The lowest BCUT2D eigenvalue weighted by Gasteiger charge is -2.31. The molecule has 2 aliphatic heterocycles. The van der Waals surface area contributed by atoms with Gasteiger partial charge >= 0.3 is 6.09 Å². The monoisotopic (exact) mass is 712 g/mol. The molecule has 3 aromatic rings. The van der Waals surface area contributed by atoms with Crippen molar-refractivity contribution < 1.29 is 46.0 Å². The van der Waals surface area contributed by atoms with E-state index in [1.807, 2.05) is 27.7 Å². The van der Waals surface area contributed by atoms with Crippen LogP contribution in [0.15, 0.2) is 47.4 Å². The number of sulfonamides is 1. The number of thiazole rings is 1. The van der Waals surface area contributed by atoms with Gasteiger partial charge in [0.25, 0.3) is 5.92 Å². The Hall–Kier alpha value is -3.15. The Morgan fingerprint density at radius 1 is 1.15 bits per heavy atom. The van der Waals surface area contributed by atoms with Crippen molar-refractivity contribution in [2.24, 2.45) is 11.8 Å². The first kappa shape index (κ1) is 36.1. The number of aliphatic hydroxyl groups is 1. The average molecular weight is 713 g/mol. The molecule has 1 aromatic heterocycles. The summed E-state index contributed by atoms with van der Waals surface area (Å²) in [5.74, 6) is -4.22. The molecule has 2 aromatic carbocycles. The number of aliphatic hydroxyl groups excluding tert-OH is 1. The van der Waals surface area contributed by atoms with Gasteiger partial charge < -0.3 is 34.7 Å². The van der Waals surface area contributed by atoms with E-state index in [9.17, 15) is 27.1 Å². The van der Waals surface area contributed by atoms with Crippen LogP contribution in [0.5, 0.6) is 5.75 Å². The summed E-state index contributed by atoms with van der Waals surface area (Å²) in [6.07, 6.45) is -4.87. The molecular formula is C32H42F2N4O8S2. The fourth-order valence-electron chi connectivity index (χ4n) is 5.75. The van der Waals surface area contributed by atoms with Crippen molar-refractivity contribution in [1.82, 2.24) is 14.6 Å². The number of anilines is 1. The van der Waals surface area contributed by atoms with Crippen LogP contribution in [0.3, 0.4) is 0 Å². The van der Waals surface area contributed by atoms with E-state index < -0.39 is 59.1 Å². The number of fused-ring (bicyclic) bond motifs is 2. The van der Waals surface area contributed by atoms with Crippen LogP contribution in [-0.4, -0.2) is 98.8 Å². The summed E-state index contributed by atoms with van der Waals surface area (Å²) in [5.41, 5.74) is 1.35. The van der Waals surface area contributed by atoms with E-state index in [0.717, 1.165) is 0 Å². The number of methoxy groups -OCH3 is 1. The number of nitrogens with zero attached hydrogens (tertiary/aromatic N) is 2. The smallest absolute Gasteiger partial charge is 0.407 e. The van der Waals surface area contributed by atoms with Crippen LogP contribution in [0, 0.1) is 11.8 Å². The first-order valence-corrected chi connectivity index (χ1v) is 18.0. The summed E-state index contributed by atoms with van der Waals surface area (Å²) in [7, 11) is -2.60. The Balaban J connectivity index is 1.37. The number of hydrogen-bond donors (Lipinski definition) is 3. The maximum absolute atomic E-state index is 14.4. The number of benzene rings is 2. The zero-order chi connectivity index (χ0) is 34.8. The van der Waals surface area contributed by atoms with E-state index in [4.69, 9.17) is 18.9 Å². The van der Waals surface area contributed by atoms with E-state index in [0.29, 0.717) is 26.7 Å². The molecule has 12 nitrogen and oxygen atoms in total. The Kier molecular flexibility index (Phi) is 11.1. The minimum atomic E-state index is -4.12. The second kappa shape index (κ2) is 14.8. The van der Waals surface area contributed by atoms with Gasteiger partial charge in [0.15, 0.2) is 11.4 Å². The Morgan fingerprint density at radius 3 is 2.54 bits per heavy atom. The molecule has 48 heavy (non-hydrogen) atoms. The molecule has 3 N–H and O–H groups in total. The van der Waals surface area contributed by atoms with Gasteiger partial charge in [-0.25, -0.2) is 27.0 Å². The lowest BCUT2D eigenvalue weighted by Crippen LogP contribution is -2.52. The molecule has 0 saturated carbocycles. The number of halogens is 2. The fraction of sp³-hybridized carbons (Fsp3) is 0.562. The van der Waals surface area contributed by atoms with Gasteiger partial charge in [-0.05, 0) is 62.1 Å². The minimum Gasteiger partial charge on any atom is -0.497 e. The summed E-state index contributed by atoms with van der Waals surface area (Å²) in [6, 6.07) is 10.7. The number of carbonyl (C=O) groups is 1. The van der Waals surface area contributed by atoms with Crippen LogP contribution in [0.1, 0.15) is 33.3 Å². The van der Waals surface area contributed by atoms with Crippen molar-refractivity contribution in [3.63, 3.8) is 0 Å². The zero-order valence-corrected chi connectivity index (χ0v) is 29.0. The highest BCUT2D eigenvalue weighted by atomic mass is 32.2. The number of alkyl halides is 2. The third kappa shape index (κ3) is 8.34. The van der Waals surface area contributed by atoms with E-state index >= 15 is 0 Å². The van der Waals surface area contributed by atoms with Gasteiger partial charge in [0, 0.05) is 19.1 Å². The molecule has 5 rings (SSSR count). The molecule has 1 unspecified atom stereocenters. The number of hydrogen-bond acceptors (Lipinski definition) is 11. The molecule has 2 aliphatic rings. The standard InChI is InChI=1S/C32H42F2N4O8S2/c1-18(2)14-38(48(41,42)22-10-11-23-27(13-22)47-30(36-23)35-19(3)4)15-25(39)24(12-20-6-8-21(43-5)9-7-20)37-31(40)46-26-16-44-29-28(26)32(33,34)17-45-29/h6-11,13,18-19,24-26,28-29,39H,12,14-17H2,1-5H3,(H,35,36)(H,37,40)/t24-,25+,26?,28-,29-/m0/s1. The van der Waals surface area contributed by atoms with Crippen molar-refractivity contribution in [3.05, 3.63) is 48.0 Å². The van der Waals surface area contributed by atoms with Gasteiger partial charge in [0.2, 0.25) is 10.0 Å². The molecule has 2 saturated heterocycles. The summed E-state index contributed by atoms with van der Waals surface area (Å²) < 4.78 is 79.8. The van der Waals surface area contributed by atoms with E-state index in [2.05, 4.69) is 15.6 Å². The van der Waals surface area contributed by atoms with Crippen LogP contribution >= 0.6 is 11.3 Å². The third-order valence-corrected chi connectivity index (χ3v) is 10.8. The normalized spacial score (nSPS) is 21.9. The highest BCUT2D eigenvalue weighted by molar-refractivity contribution is 7.89. The average Bonchev–Trinajstić information content (AvgIpc) is 3.70. The van der Waals surface area contributed by atoms with Crippen LogP contribution in [0.4, 0.5) is 18.7 Å². The van der Waals surface area contributed by atoms with Gasteiger partial charge in [-0.3, -0.25) is 0 Å². The predicted octanol–water partition coefficient (Wildman–Crippen LogP) is 4.48. The maximum atomic E-state index is 14.4. The van der Waals surface area contributed by atoms with Gasteiger partial charge in [0.1, 0.15) is 24.4 Å². The molecule has 0 aliphatic carbocycles. The number of alkyl carbamates (subject to hydrolysis) is 1. The summed E-state index contributed by atoms with van der Waals surface area (Å²) in [4.78, 5) is 17.7. The lowest BCUT2D eigenvalue weighted by molar-refractivity contribution is -0.0953. The van der Waals surface area contributed by atoms with Crippen molar-refractivity contribution in [2.45, 2.75) is 75.5 Å². The van der Waals surface area contributed by atoms with Gasteiger partial charge in [-0.2, -0.15) is 4.31 Å². The third-order valence-electron chi connectivity index (χ3n) is 8.06. The molecule has 0 radical (unpaired) electrons. The molecule has 1 amide bonds. The summed E-state index contributed by atoms with van der Waals surface area (Å²) in [5, 5.41) is 18.1. The Bertz CT molecular complexity index is 1670. The zero-order valence-electron chi connectivity index (χ0n) is 27.4. The summed E-state index contributed by atoms with van der Waals surface area (Å²) in [6.45, 7) is 6.27. The molecule has 0 bridgehead atoms. The summed E-state index contributed by atoms with van der Waals surface area (Å²) >= 11 is 1.34. The van der Waals surface area contributed by atoms with E-state index in [-0.39, 0.29) is 43.0 Å². The number of aromatic nitrogens is 1. The molecule has 16 heteroatoms. The molecule has 3 heterocycles. The maximum Gasteiger partial charge on any atom is 0.407 e. The second-order valence-electron chi connectivity index (χ2n) is 12.8. The first-order chi connectivity index (χ1) is 22.7. The number of rotatable bonds is 14. The van der Waals surface area contributed by atoms with Crippen molar-refractivity contribution in [2.75, 3.05) is 38.7 Å². The quantitative estimate of drug-likeness (QED) is 0.219. The van der Waals surface area contributed by atoms with Crippen LogP contribution in [0.25, 0.3) is 10.2 Å². The number of nitrogens with one attached hydrogen (secondary N) is 2. The Labute approximate surface area is 282 Å². The highest BCUT2D eigenvalue weighted by Gasteiger charge is 2.60. The second-order valence-corrected chi connectivity index (χ2v) is 15.7. The fourth-order valence-corrected chi connectivity index (χ4v) is 8.52. The van der Waals surface area contributed by atoms with Crippen molar-refractivity contribution in [3.8, 4) is 5.75 Å². The number of carbonyl (C=O) groups excluding carboxylic acids is 1. The van der Waals surface area contributed by atoms with Crippen LogP contribution in [0.2, 0.25) is 0 Å². The number of amides is 1. The molecule has 264 valence electrons. The molecule has 5 atom stereocenters. The minimum absolute atomic E-state index is 0.0390. The topological polar surface area (TPSA) is 149 Å². The van der Waals surface area contributed by atoms with Crippen molar-refractivity contribution in [1.29, 1.82) is 0 Å². The SMILES string of the molecule is COc1ccc(C[C@H](NC(=O)OC2CO[C@H]3OCC(F)(F)[C@@H]23)[C@H](O)CN(CC(C)C)S(=O)(=O)c2ccc3nc(NC(C)C)sc3c2)cc1. The molecule has 0 spiro atoms. The van der Waals surface area contributed by atoms with Gasteiger partial charge in [-0.15, -0.1) is 0 Å². The van der Waals surface area contributed by atoms with Gasteiger partial charge in [0.05, 0.1) is 41.0 Å². The molecular weight excluding hydrogens is 671 g/mol. The number of ether oxygens (including phenoxy) is 4. The van der Waals surface area contributed by atoms with Crippen molar-refractivity contribution >= 4 is 42.8 Å². The van der Waals surface area contributed by atoms with E-state index in [1.165, 1.54) is 28.8 Å². The van der Waals surface area contributed by atoms with Crippen LogP contribution in [-0.2, 0) is 30.7 Å². The largest absolute Gasteiger partial charge is 0.497 e. The predicted molar refractivity (Wildman–Crippen MR) is 176 cm³/mol. The molecule has 2 fully saturated rings. The highest BCUT2D eigenvalue weighted by Crippen LogP contribution is 2.43. The van der Waals surface area contributed by atoms with Crippen LogP contribution < -0.4 is 15.4 Å². The first-order valence-electron chi connectivity index (χ1n) is 15.7. The Morgan fingerprint density at radius 2 is 1.88 bits per heavy atom. The van der Waals surface area contributed by atoms with E-state index in [1.54, 1.807) is 36.4 Å².